The number of nitro groups is 1. The Labute approximate surface area is 99.2 Å². The maximum absolute atomic E-state index is 10.5. The van der Waals surface area contributed by atoms with Crippen LogP contribution in [0.15, 0.2) is 12.1 Å². The van der Waals surface area contributed by atoms with Gasteiger partial charge in [-0.05, 0) is 6.07 Å². The zero-order chi connectivity index (χ0) is 12.5. The Morgan fingerprint density at radius 1 is 1.38 bits per heavy atom. The summed E-state index contributed by atoms with van der Waals surface area (Å²) in [6.07, 6.45) is -1.87. The maximum Gasteiger partial charge on any atom is 0.337 e. The van der Waals surface area contributed by atoms with Gasteiger partial charge in [-0.2, -0.15) is 0 Å². The molecule has 0 saturated carbocycles. The molecular weight excluding hydrogens is 261 g/mol. The van der Waals surface area contributed by atoms with E-state index in [4.69, 9.17) is 28.3 Å². The summed E-state index contributed by atoms with van der Waals surface area (Å²) < 4.78 is 0. The van der Waals surface area contributed by atoms with Gasteiger partial charge in [-0.15, -0.1) is 0 Å². The Morgan fingerprint density at radius 2 is 1.94 bits per heavy atom. The lowest BCUT2D eigenvalue weighted by molar-refractivity contribution is -0.384. The molecule has 1 aromatic carbocycles. The van der Waals surface area contributed by atoms with Gasteiger partial charge in [-0.3, -0.25) is 10.1 Å². The van der Waals surface area contributed by atoms with E-state index in [9.17, 15) is 20.0 Å². The number of nitro benzene ring substituents is 1. The lowest BCUT2D eigenvalue weighted by Crippen LogP contribution is -2.11. The lowest BCUT2D eigenvalue weighted by Gasteiger charge is -2.08. The number of carboxylic acid groups (broad SMARTS) is 1. The van der Waals surface area contributed by atoms with Crippen molar-refractivity contribution < 1.29 is 19.9 Å². The van der Waals surface area contributed by atoms with E-state index in [0.29, 0.717) is 0 Å². The highest BCUT2D eigenvalue weighted by Crippen LogP contribution is 2.36. The number of carbonyl (C=O) groups is 1. The molecule has 16 heavy (non-hydrogen) atoms. The van der Waals surface area contributed by atoms with Crippen molar-refractivity contribution in [2.24, 2.45) is 0 Å². The Kier molecular flexibility index (Phi) is 3.69. The second-order valence-corrected chi connectivity index (χ2v) is 3.56. The normalized spacial score (nSPS) is 12.2. The molecule has 0 aliphatic carbocycles. The third kappa shape index (κ3) is 2.24. The largest absolute Gasteiger partial charge is 0.479 e. The van der Waals surface area contributed by atoms with Crippen molar-refractivity contribution in [3.05, 3.63) is 37.9 Å². The second kappa shape index (κ2) is 4.65. The second-order valence-electron chi connectivity index (χ2n) is 2.80. The van der Waals surface area contributed by atoms with Gasteiger partial charge in [-0.25, -0.2) is 4.79 Å². The van der Waals surface area contributed by atoms with Gasteiger partial charge in [0.05, 0.1) is 9.95 Å². The van der Waals surface area contributed by atoms with Gasteiger partial charge >= 0.3 is 5.97 Å². The van der Waals surface area contributed by atoms with Crippen molar-refractivity contribution in [2.45, 2.75) is 6.10 Å². The summed E-state index contributed by atoms with van der Waals surface area (Å²) in [6, 6.07) is 2.03. The highest BCUT2D eigenvalue weighted by atomic mass is 35.5. The minimum absolute atomic E-state index is 0.190. The van der Waals surface area contributed by atoms with Crippen LogP contribution in [0.3, 0.4) is 0 Å². The van der Waals surface area contributed by atoms with Crippen molar-refractivity contribution in [3.63, 3.8) is 0 Å². The number of hydrogen-bond donors (Lipinski definition) is 2. The quantitative estimate of drug-likeness (QED) is 0.643. The first-order valence-corrected chi connectivity index (χ1v) is 4.65. The minimum Gasteiger partial charge on any atom is -0.479 e. The average molecular weight is 266 g/mol. The van der Waals surface area contributed by atoms with Crippen LogP contribution < -0.4 is 0 Å². The molecule has 6 nitrogen and oxygen atoms in total. The molecule has 86 valence electrons. The van der Waals surface area contributed by atoms with E-state index < -0.39 is 27.7 Å². The number of aliphatic hydroxyl groups is 1. The number of hydrogen-bond acceptors (Lipinski definition) is 4. The highest BCUT2D eigenvalue weighted by Gasteiger charge is 2.25. The van der Waals surface area contributed by atoms with Crippen LogP contribution in [0.2, 0.25) is 10.0 Å². The number of benzene rings is 1. The maximum atomic E-state index is 10.5. The molecule has 1 unspecified atom stereocenters. The van der Waals surface area contributed by atoms with Gasteiger partial charge < -0.3 is 10.2 Å². The number of halogens is 2. The van der Waals surface area contributed by atoms with E-state index in [1.54, 1.807) is 0 Å². The minimum atomic E-state index is -1.87. The van der Waals surface area contributed by atoms with Gasteiger partial charge in [0.2, 0.25) is 0 Å². The number of nitrogens with zero attached hydrogens (tertiary/aromatic N) is 1. The fourth-order valence-corrected chi connectivity index (χ4v) is 1.54. The SMILES string of the molecule is O=C(O)C(O)c1ccc([N+](=O)[O-])c(Cl)c1Cl. The van der Waals surface area contributed by atoms with E-state index in [0.717, 1.165) is 12.1 Å². The van der Waals surface area contributed by atoms with Crippen LogP contribution >= 0.6 is 23.2 Å². The molecule has 0 bridgehead atoms. The van der Waals surface area contributed by atoms with Crippen LogP contribution in [-0.4, -0.2) is 21.1 Å². The molecular formula is C8H5Cl2NO5. The molecule has 0 aliphatic rings. The molecule has 0 heterocycles. The molecule has 0 fully saturated rings. The summed E-state index contributed by atoms with van der Waals surface area (Å²) >= 11 is 11.2. The predicted molar refractivity (Wildman–Crippen MR) is 55.7 cm³/mol. The molecule has 1 atom stereocenters. The Balaban J connectivity index is 3.32. The molecule has 0 amide bonds. The van der Waals surface area contributed by atoms with Crippen LogP contribution in [0, 0.1) is 10.1 Å². The lowest BCUT2D eigenvalue weighted by atomic mass is 10.1. The molecule has 8 heteroatoms. The fourth-order valence-electron chi connectivity index (χ4n) is 1.04. The van der Waals surface area contributed by atoms with Crippen molar-refractivity contribution in [1.82, 2.24) is 0 Å². The molecule has 0 aliphatic heterocycles. The average Bonchev–Trinajstić information content (AvgIpc) is 2.20. The predicted octanol–water partition coefficient (Wildman–Crippen LogP) is 2.02. The zero-order valence-electron chi connectivity index (χ0n) is 7.55. The fraction of sp³-hybridized carbons (Fsp3) is 0.125. The zero-order valence-corrected chi connectivity index (χ0v) is 9.07. The standard InChI is InChI=1S/C8H5Cl2NO5/c9-5-3(7(12)8(13)14)1-2-4(6(5)10)11(15)16/h1-2,7,12H,(H,13,14). The van der Waals surface area contributed by atoms with E-state index in [1.807, 2.05) is 0 Å². The summed E-state index contributed by atoms with van der Waals surface area (Å²) in [4.78, 5) is 20.2. The molecule has 1 aromatic rings. The van der Waals surface area contributed by atoms with Gasteiger partial charge in [0.25, 0.3) is 5.69 Å². The van der Waals surface area contributed by atoms with Crippen LogP contribution in [-0.2, 0) is 4.79 Å². The monoisotopic (exact) mass is 265 g/mol. The van der Waals surface area contributed by atoms with Crippen molar-refractivity contribution in [1.29, 1.82) is 0 Å². The summed E-state index contributed by atoms with van der Waals surface area (Å²) in [5.41, 5.74) is -0.641. The molecule has 0 radical (unpaired) electrons. The Hall–Kier alpha value is -1.37. The third-order valence-electron chi connectivity index (χ3n) is 1.82. The number of aliphatic carboxylic acids is 1. The highest BCUT2D eigenvalue weighted by molar-refractivity contribution is 6.44. The van der Waals surface area contributed by atoms with Crippen molar-refractivity contribution in [2.75, 3.05) is 0 Å². The van der Waals surface area contributed by atoms with E-state index in [1.165, 1.54) is 0 Å². The number of carboxylic acids is 1. The Bertz CT molecular complexity index is 462. The van der Waals surface area contributed by atoms with Crippen LogP contribution in [0.5, 0.6) is 0 Å². The van der Waals surface area contributed by atoms with E-state index >= 15 is 0 Å². The summed E-state index contributed by atoms with van der Waals surface area (Å²) in [5, 5.41) is 27.5. The topological polar surface area (TPSA) is 101 Å². The molecule has 0 aromatic heterocycles. The van der Waals surface area contributed by atoms with Gasteiger partial charge in [-0.1, -0.05) is 23.2 Å². The van der Waals surface area contributed by atoms with Gasteiger partial charge in [0.1, 0.15) is 5.02 Å². The number of aliphatic hydroxyl groups excluding tert-OH is 1. The van der Waals surface area contributed by atoms with Crippen LogP contribution in [0.4, 0.5) is 5.69 Å². The summed E-state index contributed by atoms with van der Waals surface area (Å²) in [5.74, 6) is -1.52. The van der Waals surface area contributed by atoms with E-state index in [2.05, 4.69) is 0 Å². The summed E-state index contributed by atoms with van der Waals surface area (Å²) in [7, 11) is 0. The molecule has 0 saturated heterocycles. The third-order valence-corrected chi connectivity index (χ3v) is 2.70. The number of rotatable bonds is 3. The first kappa shape index (κ1) is 12.7. The van der Waals surface area contributed by atoms with Gasteiger partial charge in [0.15, 0.2) is 6.10 Å². The van der Waals surface area contributed by atoms with E-state index in [-0.39, 0.29) is 10.6 Å². The molecule has 0 spiro atoms. The van der Waals surface area contributed by atoms with Crippen LogP contribution in [0.1, 0.15) is 11.7 Å². The molecule has 2 N–H and O–H groups in total. The first-order valence-electron chi connectivity index (χ1n) is 3.89. The first-order chi connectivity index (χ1) is 7.36. The van der Waals surface area contributed by atoms with Crippen LogP contribution in [0.25, 0.3) is 0 Å². The van der Waals surface area contributed by atoms with Crippen molar-refractivity contribution in [3.8, 4) is 0 Å². The Morgan fingerprint density at radius 3 is 2.38 bits per heavy atom. The van der Waals surface area contributed by atoms with Gasteiger partial charge in [0, 0.05) is 11.6 Å². The van der Waals surface area contributed by atoms with Crippen molar-refractivity contribution >= 4 is 34.9 Å². The smallest absolute Gasteiger partial charge is 0.337 e. The molecule has 1 rings (SSSR count). The summed E-state index contributed by atoms with van der Waals surface area (Å²) in [6.45, 7) is 0.